The molecule has 2 aliphatic rings. The topological polar surface area (TPSA) is 69.7 Å². The molecule has 1 N–H and O–H groups in total. The van der Waals surface area contributed by atoms with E-state index in [1.807, 2.05) is 13.8 Å². The highest BCUT2D eigenvalue weighted by Crippen LogP contribution is 2.20. The molecule has 1 saturated heterocycles. The molecule has 21 heavy (non-hydrogen) atoms. The van der Waals surface area contributed by atoms with Gasteiger partial charge in [0.05, 0.1) is 0 Å². The second-order valence-corrected chi connectivity index (χ2v) is 6.40. The molecule has 0 spiro atoms. The first-order valence-corrected chi connectivity index (χ1v) is 7.78. The molecule has 1 aliphatic carbocycles. The predicted molar refractivity (Wildman–Crippen MR) is 78.4 cm³/mol. The number of nitrogens with zero attached hydrogens (tertiary/aromatic N) is 2. The Kier molecular flexibility index (Phi) is 4.85. The van der Waals surface area contributed by atoms with E-state index in [-0.39, 0.29) is 17.9 Å². The van der Waals surface area contributed by atoms with Gasteiger partial charge in [-0.1, -0.05) is 26.7 Å². The van der Waals surface area contributed by atoms with Crippen LogP contribution in [0.3, 0.4) is 0 Å². The molecule has 118 valence electrons. The second-order valence-electron chi connectivity index (χ2n) is 6.40. The summed E-state index contributed by atoms with van der Waals surface area (Å²) in [4.78, 5) is 39.4. The van der Waals surface area contributed by atoms with Gasteiger partial charge in [0.15, 0.2) is 0 Å². The molecule has 1 aliphatic heterocycles. The highest BCUT2D eigenvalue weighted by molar-refractivity contribution is 6.35. The van der Waals surface area contributed by atoms with Gasteiger partial charge in [-0.25, -0.2) is 0 Å². The summed E-state index contributed by atoms with van der Waals surface area (Å²) < 4.78 is 0. The predicted octanol–water partition coefficient (Wildman–Crippen LogP) is 0.370. The molecule has 1 atom stereocenters. The molecule has 0 aromatic carbocycles. The smallest absolute Gasteiger partial charge is 0.312 e. The van der Waals surface area contributed by atoms with Gasteiger partial charge >= 0.3 is 11.8 Å². The number of hydrogen-bond acceptors (Lipinski definition) is 3. The maximum Gasteiger partial charge on any atom is 0.312 e. The number of rotatable bonds is 4. The van der Waals surface area contributed by atoms with Gasteiger partial charge in [-0.3, -0.25) is 14.4 Å². The van der Waals surface area contributed by atoms with E-state index in [4.69, 9.17) is 0 Å². The number of nitrogens with one attached hydrogen (secondary N) is 1. The summed E-state index contributed by atoms with van der Waals surface area (Å²) >= 11 is 0. The average Bonchev–Trinajstić information content (AvgIpc) is 2.91. The lowest BCUT2D eigenvalue weighted by atomic mass is 9.99. The van der Waals surface area contributed by atoms with Crippen LogP contribution in [0.4, 0.5) is 0 Å². The van der Waals surface area contributed by atoms with Crippen molar-refractivity contribution in [2.45, 2.75) is 51.6 Å². The third-order valence-electron chi connectivity index (χ3n) is 4.40. The highest BCUT2D eigenvalue weighted by atomic mass is 16.2. The van der Waals surface area contributed by atoms with Crippen molar-refractivity contribution in [1.82, 2.24) is 15.1 Å². The van der Waals surface area contributed by atoms with Crippen LogP contribution in [0, 0.1) is 5.92 Å². The number of amides is 3. The fourth-order valence-corrected chi connectivity index (χ4v) is 3.17. The maximum atomic E-state index is 12.5. The third kappa shape index (κ3) is 3.36. The zero-order chi connectivity index (χ0) is 15.6. The molecule has 0 unspecified atom stereocenters. The second kappa shape index (κ2) is 6.45. The van der Waals surface area contributed by atoms with Gasteiger partial charge in [-0.05, 0) is 18.8 Å². The molecule has 3 amide bonds. The van der Waals surface area contributed by atoms with Gasteiger partial charge in [0.2, 0.25) is 5.91 Å². The first-order chi connectivity index (χ1) is 9.91. The summed E-state index contributed by atoms with van der Waals surface area (Å²) in [5.41, 5.74) is 0. The highest BCUT2D eigenvalue weighted by Gasteiger charge is 2.39. The molecular weight excluding hydrogens is 270 g/mol. The Bertz CT molecular complexity index is 430. The van der Waals surface area contributed by atoms with Crippen LogP contribution in [0.15, 0.2) is 0 Å². The van der Waals surface area contributed by atoms with E-state index >= 15 is 0 Å². The molecule has 1 heterocycles. The van der Waals surface area contributed by atoms with Crippen molar-refractivity contribution in [1.29, 1.82) is 0 Å². The number of likely N-dealkylation sites (N-methyl/N-ethyl adjacent to an activating group) is 1. The minimum atomic E-state index is -0.566. The lowest BCUT2D eigenvalue weighted by Crippen LogP contribution is -2.61. The summed E-state index contributed by atoms with van der Waals surface area (Å²) in [7, 11) is 1.61. The Hall–Kier alpha value is -1.59. The largest absolute Gasteiger partial charge is 0.352 e. The van der Waals surface area contributed by atoms with E-state index in [0.29, 0.717) is 13.1 Å². The molecular formula is C15H25N3O3. The van der Waals surface area contributed by atoms with Crippen LogP contribution in [0.2, 0.25) is 0 Å². The van der Waals surface area contributed by atoms with Crippen molar-refractivity contribution >= 4 is 17.7 Å². The van der Waals surface area contributed by atoms with Crippen LogP contribution in [0.1, 0.15) is 39.5 Å². The Morgan fingerprint density at radius 2 is 1.76 bits per heavy atom. The molecule has 1 saturated carbocycles. The molecule has 2 fully saturated rings. The number of hydrogen-bond donors (Lipinski definition) is 1. The quantitative estimate of drug-likeness (QED) is 0.762. The van der Waals surface area contributed by atoms with Crippen LogP contribution in [0.5, 0.6) is 0 Å². The Morgan fingerprint density at radius 1 is 1.14 bits per heavy atom. The average molecular weight is 295 g/mol. The monoisotopic (exact) mass is 295 g/mol. The van der Waals surface area contributed by atoms with Crippen LogP contribution in [-0.4, -0.2) is 59.7 Å². The number of piperazine rings is 1. The summed E-state index contributed by atoms with van der Waals surface area (Å²) in [6.07, 6.45) is 4.30. The van der Waals surface area contributed by atoms with Crippen molar-refractivity contribution < 1.29 is 14.4 Å². The Balaban J connectivity index is 2.09. The SMILES string of the molecule is CC(C)[C@H](C(=O)NC1CCCC1)N1CCN(C)C(=O)C1=O. The van der Waals surface area contributed by atoms with Crippen molar-refractivity contribution in [3.8, 4) is 0 Å². The van der Waals surface area contributed by atoms with Crippen LogP contribution in [-0.2, 0) is 14.4 Å². The normalized spacial score (nSPS) is 22.1. The standard InChI is InChI=1S/C15H25N3O3/c1-10(2)12(13(19)16-11-6-4-5-7-11)18-9-8-17(3)14(20)15(18)21/h10-12H,4-9H2,1-3H3,(H,16,19)/t12-/m1/s1. The van der Waals surface area contributed by atoms with Crippen LogP contribution >= 0.6 is 0 Å². The Morgan fingerprint density at radius 3 is 2.33 bits per heavy atom. The van der Waals surface area contributed by atoms with Crippen molar-refractivity contribution in [2.75, 3.05) is 20.1 Å². The lowest BCUT2D eigenvalue weighted by Gasteiger charge is -2.38. The zero-order valence-corrected chi connectivity index (χ0v) is 13.1. The molecule has 6 nitrogen and oxygen atoms in total. The maximum absolute atomic E-state index is 12.5. The summed E-state index contributed by atoms with van der Waals surface area (Å²) in [6.45, 7) is 4.72. The first kappa shape index (κ1) is 15.8. The van der Waals surface area contributed by atoms with E-state index in [0.717, 1.165) is 25.7 Å². The fraction of sp³-hybridized carbons (Fsp3) is 0.800. The minimum absolute atomic E-state index is 0.0217. The molecule has 0 aromatic heterocycles. The van der Waals surface area contributed by atoms with Crippen LogP contribution < -0.4 is 5.32 Å². The van der Waals surface area contributed by atoms with E-state index in [2.05, 4.69) is 5.32 Å². The lowest BCUT2D eigenvalue weighted by molar-refractivity contribution is -0.159. The zero-order valence-electron chi connectivity index (χ0n) is 13.1. The van der Waals surface area contributed by atoms with Crippen molar-refractivity contribution in [2.24, 2.45) is 5.92 Å². The summed E-state index contributed by atoms with van der Waals surface area (Å²) in [5, 5.41) is 3.05. The summed E-state index contributed by atoms with van der Waals surface area (Å²) in [5.74, 6) is -1.24. The fourth-order valence-electron chi connectivity index (χ4n) is 3.17. The van der Waals surface area contributed by atoms with Crippen molar-refractivity contribution in [3.05, 3.63) is 0 Å². The van der Waals surface area contributed by atoms with Crippen LogP contribution in [0.25, 0.3) is 0 Å². The van der Waals surface area contributed by atoms with Gasteiger partial charge < -0.3 is 15.1 Å². The number of carbonyl (C=O) groups is 3. The van der Waals surface area contributed by atoms with Gasteiger partial charge in [0, 0.05) is 26.2 Å². The van der Waals surface area contributed by atoms with E-state index in [1.165, 1.54) is 9.80 Å². The molecule has 2 rings (SSSR count). The first-order valence-electron chi connectivity index (χ1n) is 7.78. The number of carbonyl (C=O) groups excluding carboxylic acids is 3. The molecule has 6 heteroatoms. The van der Waals surface area contributed by atoms with Gasteiger partial charge in [-0.2, -0.15) is 0 Å². The third-order valence-corrected chi connectivity index (χ3v) is 4.40. The Labute approximate surface area is 125 Å². The summed E-state index contributed by atoms with van der Waals surface area (Å²) in [6, 6.07) is -0.340. The molecule has 0 radical (unpaired) electrons. The molecule has 0 bridgehead atoms. The van der Waals surface area contributed by atoms with Crippen molar-refractivity contribution in [3.63, 3.8) is 0 Å². The van der Waals surface area contributed by atoms with E-state index in [1.54, 1.807) is 7.05 Å². The molecule has 0 aromatic rings. The van der Waals surface area contributed by atoms with Gasteiger partial charge in [0.1, 0.15) is 6.04 Å². The van der Waals surface area contributed by atoms with E-state index in [9.17, 15) is 14.4 Å². The minimum Gasteiger partial charge on any atom is -0.352 e. The van der Waals surface area contributed by atoms with E-state index < -0.39 is 17.9 Å². The van der Waals surface area contributed by atoms with Gasteiger partial charge in [-0.15, -0.1) is 0 Å². The van der Waals surface area contributed by atoms with Gasteiger partial charge in [0.25, 0.3) is 0 Å².